The maximum atomic E-state index is 5.81. The second kappa shape index (κ2) is 5.75. The van der Waals surface area contributed by atoms with E-state index in [1.807, 2.05) is 0 Å². The van der Waals surface area contributed by atoms with E-state index in [4.69, 9.17) is 4.74 Å². The van der Waals surface area contributed by atoms with E-state index in [0.29, 0.717) is 6.04 Å². The Morgan fingerprint density at radius 3 is 2.78 bits per heavy atom. The van der Waals surface area contributed by atoms with Crippen LogP contribution in [0.1, 0.15) is 50.8 Å². The average molecular weight is 247 g/mol. The number of nitrogens with one attached hydrogen (secondary N) is 1. The number of benzene rings is 1. The molecule has 1 aromatic carbocycles. The van der Waals surface area contributed by atoms with Crippen molar-refractivity contribution >= 4 is 0 Å². The molecule has 0 saturated carbocycles. The molecule has 2 heteroatoms. The van der Waals surface area contributed by atoms with Gasteiger partial charge in [-0.2, -0.15) is 0 Å². The molecule has 0 saturated heterocycles. The van der Waals surface area contributed by atoms with Gasteiger partial charge in [-0.3, -0.25) is 0 Å². The van der Waals surface area contributed by atoms with Crippen molar-refractivity contribution in [3.05, 3.63) is 29.3 Å². The molecule has 0 heterocycles. The van der Waals surface area contributed by atoms with Gasteiger partial charge in [0.2, 0.25) is 0 Å². The summed E-state index contributed by atoms with van der Waals surface area (Å²) >= 11 is 0. The largest absolute Gasteiger partial charge is 0.491 e. The van der Waals surface area contributed by atoms with Crippen molar-refractivity contribution in [1.82, 2.24) is 5.32 Å². The summed E-state index contributed by atoms with van der Waals surface area (Å²) < 4.78 is 5.81. The summed E-state index contributed by atoms with van der Waals surface area (Å²) in [5.41, 5.74) is 2.91. The van der Waals surface area contributed by atoms with Gasteiger partial charge in [0.05, 0.1) is 6.10 Å². The first-order valence-electron chi connectivity index (χ1n) is 7.07. The minimum Gasteiger partial charge on any atom is -0.491 e. The Morgan fingerprint density at radius 2 is 2.11 bits per heavy atom. The quantitative estimate of drug-likeness (QED) is 0.822. The molecule has 1 aliphatic rings. The standard InChI is InChI=1S/C16H25NO/c1-11(2)18-14-8-7-13-6-5-12(3)9-16(17-4)15(13)10-14/h7-8,10-12,16-17H,5-6,9H2,1-4H3. The lowest BCUT2D eigenvalue weighted by Gasteiger charge is -2.20. The highest BCUT2D eigenvalue weighted by molar-refractivity contribution is 5.38. The van der Waals surface area contributed by atoms with E-state index in [1.165, 1.54) is 30.4 Å². The molecule has 2 rings (SSSR count). The molecule has 0 radical (unpaired) electrons. The molecule has 1 aromatic rings. The molecule has 0 bridgehead atoms. The number of hydrogen-bond donors (Lipinski definition) is 1. The first-order chi connectivity index (χ1) is 8.60. The second-order valence-electron chi connectivity index (χ2n) is 5.75. The Morgan fingerprint density at radius 1 is 1.33 bits per heavy atom. The maximum absolute atomic E-state index is 5.81. The van der Waals surface area contributed by atoms with Crippen molar-refractivity contribution in [2.45, 2.75) is 52.2 Å². The van der Waals surface area contributed by atoms with Gasteiger partial charge in [-0.25, -0.2) is 0 Å². The minimum atomic E-state index is 0.237. The van der Waals surface area contributed by atoms with Crippen LogP contribution in [0.25, 0.3) is 0 Å². The van der Waals surface area contributed by atoms with Crippen molar-refractivity contribution in [3.8, 4) is 5.75 Å². The number of fused-ring (bicyclic) bond motifs is 1. The summed E-state index contributed by atoms with van der Waals surface area (Å²) in [4.78, 5) is 0. The van der Waals surface area contributed by atoms with Crippen LogP contribution >= 0.6 is 0 Å². The Bertz CT molecular complexity index is 400. The zero-order chi connectivity index (χ0) is 13.1. The normalized spacial score (nSPS) is 23.6. The van der Waals surface area contributed by atoms with Crippen molar-refractivity contribution in [1.29, 1.82) is 0 Å². The van der Waals surface area contributed by atoms with Gasteiger partial charge in [-0.15, -0.1) is 0 Å². The Hall–Kier alpha value is -1.02. The molecule has 0 fully saturated rings. The van der Waals surface area contributed by atoms with Gasteiger partial charge in [-0.05, 0) is 69.3 Å². The fraction of sp³-hybridized carbons (Fsp3) is 0.625. The van der Waals surface area contributed by atoms with Crippen LogP contribution < -0.4 is 10.1 Å². The van der Waals surface area contributed by atoms with Gasteiger partial charge in [0.15, 0.2) is 0 Å². The topological polar surface area (TPSA) is 21.3 Å². The van der Waals surface area contributed by atoms with E-state index in [-0.39, 0.29) is 6.10 Å². The van der Waals surface area contributed by atoms with Gasteiger partial charge in [0, 0.05) is 6.04 Å². The summed E-state index contributed by atoms with van der Waals surface area (Å²) in [6.45, 7) is 6.49. The van der Waals surface area contributed by atoms with Gasteiger partial charge in [0.25, 0.3) is 0 Å². The fourth-order valence-corrected chi connectivity index (χ4v) is 2.79. The maximum Gasteiger partial charge on any atom is 0.120 e. The van der Waals surface area contributed by atoms with Gasteiger partial charge in [0.1, 0.15) is 5.75 Å². The number of rotatable bonds is 3. The fourth-order valence-electron chi connectivity index (χ4n) is 2.79. The molecule has 0 spiro atoms. The highest BCUT2D eigenvalue weighted by Gasteiger charge is 2.21. The third-order valence-electron chi connectivity index (χ3n) is 3.76. The van der Waals surface area contributed by atoms with Crippen molar-refractivity contribution in [2.24, 2.45) is 5.92 Å². The number of aryl methyl sites for hydroxylation is 1. The van der Waals surface area contributed by atoms with Crippen LogP contribution in [0.4, 0.5) is 0 Å². The van der Waals surface area contributed by atoms with Crippen LogP contribution in [0.2, 0.25) is 0 Å². The smallest absolute Gasteiger partial charge is 0.120 e. The lowest BCUT2D eigenvalue weighted by Crippen LogP contribution is -2.18. The van der Waals surface area contributed by atoms with Crippen LogP contribution in [0, 0.1) is 5.92 Å². The van der Waals surface area contributed by atoms with E-state index in [0.717, 1.165) is 11.7 Å². The van der Waals surface area contributed by atoms with E-state index in [2.05, 4.69) is 51.3 Å². The summed E-state index contributed by atoms with van der Waals surface area (Å²) in [6, 6.07) is 7.05. The average Bonchev–Trinajstić information content (AvgIpc) is 2.48. The molecule has 0 aromatic heterocycles. The molecular weight excluding hydrogens is 222 g/mol. The van der Waals surface area contributed by atoms with Gasteiger partial charge >= 0.3 is 0 Å². The van der Waals surface area contributed by atoms with E-state index in [9.17, 15) is 0 Å². The van der Waals surface area contributed by atoms with E-state index < -0.39 is 0 Å². The number of hydrogen-bond acceptors (Lipinski definition) is 2. The highest BCUT2D eigenvalue weighted by atomic mass is 16.5. The molecule has 1 aliphatic carbocycles. The molecule has 2 nitrogen and oxygen atoms in total. The first kappa shape index (κ1) is 13.4. The molecule has 0 amide bonds. The third-order valence-corrected chi connectivity index (χ3v) is 3.76. The number of ether oxygens (including phenoxy) is 1. The molecule has 0 aliphatic heterocycles. The van der Waals surface area contributed by atoms with Crippen molar-refractivity contribution < 1.29 is 4.74 Å². The second-order valence-corrected chi connectivity index (χ2v) is 5.75. The van der Waals surface area contributed by atoms with Crippen molar-refractivity contribution in [2.75, 3.05) is 7.05 Å². The summed E-state index contributed by atoms with van der Waals surface area (Å²) in [5, 5.41) is 3.46. The van der Waals surface area contributed by atoms with E-state index in [1.54, 1.807) is 0 Å². The summed E-state index contributed by atoms with van der Waals surface area (Å²) in [5.74, 6) is 1.78. The summed E-state index contributed by atoms with van der Waals surface area (Å²) in [7, 11) is 2.06. The predicted molar refractivity (Wildman–Crippen MR) is 76.1 cm³/mol. The van der Waals surface area contributed by atoms with Crippen LogP contribution in [0.5, 0.6) is 5.75 Å². The molecular formula is C16H25NO. The molecule has 2 unspecified atom stereocenters. The lowest BCUT2D eigenvalue weighted by atomic mass is 9.97. The Balaban J connectivity index is 2.30. The highest BCUT2D eigenvalue weighted by Crippen LogP contribution is 2.33. The lowest BCUT2D eigenvalue weighted by molar-refractivity contribution is 0.242. The molecule has 2 atom stereocenters. The summed E-state index contributed by atoms with van der Waals surface area (Å²) in [6.07, 6.45) is 3.93. The SMILES string of the molecule is CNC1CC(C)CCc2ccc(OC(C)C)cc21. The predicted octanol–water partition coefficient (Wildman–Crippen LogP) is 3.71. The molecule has 18 heavy (non-hydrogen) atoms. The van der Waals surface area contributed by atoms with E-state index >= 15 is 0 Å². The third kappa shape index (κ3) is 3.05. The Labute approximate surface area is 111 Å². The van der Waals surface area contributed by atoms with Crippen LogP contribution in [0.15, 0.2) is 18.2 Å². The zero-order valence-electron chi connectivity index (χ0n) is 12.0. The molecule has 100 valence electrons. The zero-order valence-corrected chi connectivity index (χ0v) is 12.0. The minimum absolute atomic E-state index is 0.237. The van der Waals surface area contributed by atoms with Crippen LogP contribution in [0.3, 0.4) is 0 Å². The van der Waals surface area contributed by atoms with Gasteiger partial charge in [-0.1, -0.05) is 13.0 Å². The van der Waals surface area contributed by atoms with Gasteiger partial charge < -0.3 is 10.1 Å². The Kier molecular flexibility index (Phi) is 4.28. The first-order valence-corrected chi connectivity index (χ1v) is 7.07. The molecule has 1 N–H and O–H groups in total. The monoisotopic (exact) mass is 247 g/mol. The van der Waals surface area contributed by atoms with Crippen LogP contribution in [-0.2, 0) is 6.42 Å². The van der Waals surface area contributed by atoms with Crippen LogP contribution in [-0.4, -0.2) is 13.2 Å². The van der Waals surface area contributed by atoms with Crippen molar-refractivity contribution in [3.63, 3.8) is 0 Å².